The van der Waals surface area contributed by atoms with E-state index < -0.39 is 5.60 Å². The number of hydrogen-bond donors (Lipinski definition) is 0. The lowest BCUT2D eigenvalue weighted by molar-refractivity contribution is -0.200. The smallest absolute Gasteiger partial charge is 0.254 e. The third-order valence-electron chi connectivity index (χ3n) is 5.83. The predicted octanol–water partition coefficient (Wildman–Crippen LogP) is 1.87. The molecule has 2 saturated heterocycles. The highest BCUT2D eigenvalue weighted by molar-refractivity contribution is 5.89. The molecule has 4 rings (SSSR count). The van der Waals surface area contributed by atoms with Crippen LogP contribution in [-0.4, -0.2) is 64.6 Å². The minimum Gasteiger partial charge on any atom is -0.357 e. The maximum absolute atomic E-state index is 12.5. The average molecular weight is 329 g/mol. The van der Waals surface area contributed by atoms with E-state index in [1.807, 2.05) is 17.2 Å². The summed E-state index contributed by atoms with van der Waals surface area (Å²) < 4.78 is 6.44. The van der Waals surface area contributed by atoms with Crippen molar-refractivity contribution in [3.05, 3.63) is 30.1 Å². The van der Waals surface area contributed by atoms with Crippen molar-refractivity contribution in [2.24, 2.45) is 0 Å². The molecular formula is C19H27N3O2. The van der Waals surface area contributed by atoms with Gasteiger partial charge in [-0.25, -0.2) is 0 Å². The van der Waals surface area contributed by atoms with E-state index in [-0.39, 0.29) is 11.5 Å². The molecular weight excluding hydrogens is 302 g/mol. The molecule has 0 aromatic carbocycles. The van der Waals surface area contributed by atoms with Gasteiger partial charge < -0.3 is 14.5 Å². The molecule has 0 atom stereocenters. The molecule has 0 bridgehead atoms. The fourth-order valence-electron chi connectivity index (χ4n) is 4.15. The first-order valence-corrected chi connectivity index (χ1v) is 9.27. The number of likely N-dealkylation sites (N-methyl/N-ethyl adjacent to an activating group) is 1. The summed E-state index contributed by atoms with van der Waals surface area (Å²) in [6.45, 7) is 6.81. The van der Waals surface area contributed by atoms with Crippen LogP contribution in [0.3, 0.4) is 0 Å². The number of aromatic nitrogens is 1. The number of hydrogen-bond acceptors (Lipinski definition) is 4. The summed E-state index contributed by atoms with van der Waals surface area (Å²) in [5.74, 6) is 0.230. The first kappa shape index (κ1) is 16.0. The zero-order valence-electron chi connectivity index (χ0n) is 14.5. The quantitative estimate of drug-likeness (QED) is 0.846. The van der Waals surface area contributed by atoms with Crippen LogP contribution in [0.2, 0.25) is 0 Å². The summed E-state index contributed by atoms with van der Waals surface area (Å²) >= 11 is 0. The Kier molecular flexibility index (Phi) is 4.09. The normalized spacial score (nSPS) is 25.4. The largest absolute Gasteiger partial charge is 0.357 e. The van der Waals surface area contributed by atoms with E-state index in [1.54, 1.807) is 0 Å². The minimum absolute atomic E-state index is 0.109. The van der Waals surface area contributed by atoms with Crippen molar-refractivity contribution in [2.75, 3.05) is 32.7 Å². The molecule has 130 valence electrons. The van der Waals surface area contributed by atoms with Gasteiger partial charge in [0.05, 0.1) is 5.60 Å². The lowest BCUT2D eigenvalue weighted by Crippen LogP contribution is -2.62. The predicted molar refractivity (Wildman–Crippen MR) is 91.7 cm³/mol. The zero-order valence-corrected chi connectivity index (χ0v) is 14.5. The van der Waals surface area contributed by atoms with E-state index >= 15 is 0 Å². The standard InChI is InChI=1S/C19H27N3O2/c1-2-22-15-18(24-19(7-8-19)17(22)23)9-13-21(14-10-18)12-6-16-5-3-4-11-20-16/h3-5,11H,2,6-10,12-15H2,1H3. The fourth-order valence-corrected chi connectivity index (χ4v) is 4.15. The third-order valence-corrected chi connectivity index (χ3v) is 5.83. The SMILES string of the molecule is CCN1CC2(CCN(CCc3ccccn3)CC2)OC2(CC2)C1=O. The second-order valence-corrected chi connectivity index (χ2v) is 7.51. The van der Waals surface area contributed by atoms with Crippen molar-refractivity contribution in [2.45, 2.75) is 50.2 Å². The molecule has 1 aliphatic carbocycles. The van der Waals surface area contributed by atoms with E-state index in [2.05, 4.69) is 28.9 Å². The number of carbonyl (C=O) groups is 1. The van der Waals surface area contributed by atoms with Gasteiger partial charge in [-0.05, 0) is 44.7 Å². The Bertz CT molecular complexity index is 592. The number of amides is 1. The van der Waals surface area contributed by atoms with E-state index in [1.165, 1.54) is 0 Å². The van der Waals surface area contributed by atoms with E-state index in [9.17, 15) is 4.79 Å². The molecule has 1 aromatic heterocycles. The Labute approximate surface area is 144 Å². The summed E-state index contributed by atoms with van der Waals surface area (Å²) in [4.78, 5) is 21.4. The van der Waals surface area contributed by atoms with Gasteiger partial charge in [0.25, 0.3) is 5.91 Å². The van der Waals surface area contributed by atoms with Gasteiger partial charge in [0.15, 0.2) is 0 Å². The zero-order chi connectivity index (χ0) is 16.6. The highest BCUT2D eigenvalue weighted by Crippen LogP contribution is 2.49. The Hall–Kier alpha value is -1.46. The number of carbonyl (C=O) groups excluding carboxylic acids is 1. The lowest BCUT2D eigenvalue weighted by Gasteiger charge is -2.50. The Balaban J connectivity index is 1.34. The van der Waals surface area contributed by atoms with Crippen LogP contribution in [0.25, 0.3) is 0 Å². The minimum atomic E-state index is -0.454. The number of pyridine rings is 1. The van der Waals surface area contributed by atoms with E-state index in [4.69, 9.17) is 4.74 Å². The summed E-state index contributed by atoms with van der Waals surface area (Å²) in [5, 5.41) is 0. The molecule has 0 radical (unpaired) electrons. The molecule has 2 aliphatic heterocycles. The summed E-state index contributed by atoms with van der Waals surface area (Å²) in [5.41, 5.74) is 0.596. The summed E-state index contributed by atoms with van der Waals surface area (Å²) in [6.07, 6.45) is 6.74. The van der Waals surface area contributed by atoms with Crippen LogP contribution in [0, 0.1) is 0 Å². The maximum atomic E-state index is 12.5. The van der Waals surface area contributed by atoms with Crippen molar-refractivity contribution in [1.82, 2.24) is 14.8 Å². The molecule has 1 aromatic rings. The molecule has 0 N–H and O–H groups in total. The molecule has 1 amide bonds. The second kappa shape index (κ2) is 6.12. The number of ether oxygens (including phenoxy) is 1. The van der Waals surface area contributed by atoms with Crippen LogP contribution in [0.4, 0.5) is 0 Å². The van der Waals surface area contributed by atoms with E-state index in [0.29, 0.717) is 0 Å². The molecule has 0 unspecified atom stereocenters. The van der Waals surface area contributed by atoms with Gasteiger partial charge in [0.2, 0.25) is 0 Å². The van der Waals surface area contributed by atoms with Crippen LogP contribution in [0.5, 0.6) is 0 Å². The number of likely N-dealkylation sites (tertiary alicyclic amines) is 1. The highest BCUT2D eigenvalue weighted by atomic mass is 16.5. The Morgan fingerprint density at radius 2 is 2.00 bits per heavy atom. The molecule has 5 nitrogen and oxygen atoms in total. The van der Waals surface area contributed by atoms with Gasteiger partial charge in [0, 0.05) is 51.0 Å². The highest BCUT2D eigenvalue weighted by Gasteiger charge is 2.61. The molecule has 3 heterocycles. The van der Waals surface area contributed by atoms with Crippen molar-refractivity contribution in [1.29, 1.82) is 0 Å². The van der Waals surface area contributed by atoms with Crippen molar-refractivity contribution >= 4 is 5.91 Å². The van der Waals surface area contributed by atoms with Gasteiger partial charge in [-0.15, -0.1) is 0 Å². The van der Waals surface area contributed by atoms with Crippen molar-refractivity contribution in [3.8, 4) is 0 Å². The monoisotopic (exact) mass is 329 g/mol. The topological polar surface area (TPSA) is 45.7 Å². The first-order chi connectivity index (χ1) is 11.6. The van der Waals surface area contributed by atoms with E-state index in [0.717, 1.165) is 70.5 Å². The van der Waals surface area contributed by atoms with Crippen LogP contribution >= 0.6 is 0 Å². The lowest BCUT2D eigenvalue weighted by atomic mass is 9.88. The van der Waals surface area contributed by atoms with Crippen LogP contribution in [0.1, 0.15) is 38.3 Å². The van der Waals surface area contributed by atoms with Gasteiger partial charge in [-0.3, -0.25) is 9.78 Å². The number of rotatable bonds is 4. The van der Waals surface area contributed by atoms with Gasteiger partial charge in [0.1, 0.15) is 5.60 Å². The van der Waals surface area contributed by atoms with Gasteiger partial charge in [-0.2, -0.15) is 0 Å². The Morgan fingerprint density at radius 1 is 1.21 bits per heavy atom. The maximum Gasteiger partial charge on any atom is 0.254 e. The summed E-state index contributed by atoms with van der Waals surface area (Å²) in [6, 6.07) is 6.11. The summed E-state index contributed by atoms with van der Waals surface area (Å²) in [7, 11) is 0. The van der Waals surface area contributed by atoms with Crippen LogP contribution in [0.15, 0.2) is 24.4 Å². The number of morpholine rings is 1. The average Bonchev–Trinajstić information content (AvgIpc) is 3.39. The number of nitrogens with zero attached hydrogens (tertiary/aromatic N) is 3. The molecule has 2 spiro atoms. The second-order valence-electron chi connectivity index (χ2n) is 7.51. The number of piperidine rings is 1. The Morgan fingerprint density at radius 3 is 2.62 bits per heavy atom. The van der Waals surface area contributed by atoms with Gasteiger partial charge in [-0.1, -0.05) is 6.07 Å². The van der Waals surface area contributed by atoms with Crippen molar-refractivity contribution < 1.29 is 9.53 Å². The molecule has 5 heteroatoms. The molecule has 1 saturated carbocycles. The van der Waals surface area contributed by atoms with Crippen LogP contribution < -0.4 is 0 Å². The van der Waals surface area contributed by atoms with Crippen molar-refractivity contribution in [3.63, 3.8) is 0 Å². The molecule has 3 fully saturated rings. The van der Waals surface area contributed by atoms with Gasteiger partial charge >= 0.3 is 0 Å². The third kappa shape index (κ3) is 2.95. The first-order valence-electron chi connectivity index (χ1n) is 9.27. The fraction of sp³-hybridized carbons (Fsp3) is 0.684. The molecule has 24 heavy (non-hydrogen) atoms. The molecule has 3 aliphatic rings. The van der Waals surface area contributed by atoms with Crippen LogP contribution in [-0.2, 0) is 16.0 Å².